The van der Waals surface area contributed by atoms with Crippen LogP contribution in [-0.2, 0) is 11.3 Å². The van der Waals surface area contributed by atoms with Crippen LogP contribution in [0.2, 0.25) is 0 Å². The number of amides is 1. The Morgan fingerprint density at radius 1 is 1.45 bits per heavy atom. The average molecular weight is 343 g/mol. The predicted octanol–water partition coefficient (Wildman–Crippen LogP) is 1.23. The number of nitrogens with zero attached hydrogens (tertiary/aromatic N) is 2. The van der Waals surface area contributed by atoms with Gasteiger partial charge in [0, 0.05) is 49.4 Å². The van der Waals surface area contributed by atoms with Crippen LogP contribution in [0, 0.1) is 5.92 Å². The van der Waals surface area contributed by atoms with Crippen molar-refractivity contribution in [2.45, 2.75) is 25.8 Å². The molecule has 0 aliphatic carbocycles. The molecule has 1 N–H and O–H groups in total. The van der Waals surface area contributed by atoms with Gasteiger partial charge in [0.1, 0.15) is 0 Å². The van der Waals surface area contributed by atoms with Gasteiger partial charge in [-0.25, -0.2) is 0 Å². The third kappa shape index (κ3) is 3.93. The monoisotopic (exact) mass is 342 g/mol. The quantitative estimate of drug-likeness (QED) is 0.895. The fourth-order valence-electron chi connectivity index (χ4n) is 2.49. The molecule has 1 aliphatic heterocycles. The molecule has 0 radical (unpaired) electrons. The van der Waals surface area contributed by atoms with Crippen molar-refractivity contribution in [3.63, 3.8) is 0 Å². The lowest BCUT2D eigenvalue weighted by Crippen LogP contribution is -2.41. The Bertz CT molecular complexity index is 529. The number of aliphatic hydroxyl groups excluding tert-OH is 1. The first-order valence-electron chi connectivity index (χ1n) is 6.85. The van der Waals surface area contributed by atoms with Gasteiger partial charge in [0.25, 0.3) is 5.56 Å². The zero-order valence-electron chi connectivity index (χ0n) is 11.3. The minimum Gasteiger partial charge on any atom is -0.396 e. The summed E-state index contributed by atoms with van der Waals surface area (Å²) in [6, 6.07) is 3.17. The van der Waals surface area contributed by atoms with Crippen molar-refractivity contribution in [3.8, 4) is 0 Å². The Kier molecular flexibility index (Phi) is 5.37. The van der Waals surface area contributed by atoms with E-state index in [2.05, 4.69) is 15.9 Å². The molecule has 0 bridgehead atoms. The number of hydrogen-bond donors (Lipinski definition) is 1. The molecule has 1 atom stereocenters. The number of aliphatic hydroxyl groups is 1. The molecule has 1 saturated heterocycles. The fourth-order valence-corrected chi connectivity index (χ4v) is 2.87. The summed E-state index contributed by atoms with van der Waals surface area (Å²) in [5.74, 6) is 0.247. The summed E-state index contributed by atoms with van der Waals surface area (Å²) < 4.78 is 2.36. The van der Waals surface area contributed by atoms with E-state index in [1.165, 1.54) is 10.6 Å². The van der Waals surface area contributed by atoms with Crippen LogP contribution in [0.15, 0.2) is 27.6 Å². The van der Waals surface area contributed by atoms with Crippen molar-refractivity contribution in [3.05, 3.63) is 33.2 Å². The van der Waals surface area contributed by atoms with Crippen molar-refractivity contribution in [1.29, 1.82) is 0 Å². The number of piperidine rings is 1. The molecule has 0 saturated carbocycles. The smallest absolute Gasteiger partial charge is 0.250 e. The van der Waals surface area contributed by atoms with Crippen molar-refractivity contribution in [1.82, 2.24) is 9.47 Å². The molecule has 20 heavy (non-hydrogen) atoms. The van der Waals surface area contributed by atoms with Crippen LogP contribution in [0.4, 0.5) is 0 Å². The third-order valence-corrected chi connectivity index (χ3v) is 4.11. The average Bonchev–Trinajstić information content (AvgIpc) is 2.48. The Hall–Kier alpha value is -1.14. The van der Waals surface area contributed by atoms with Crippen LogP contribution >= 0.6 is 15.9 Å². The Balaban J connectivity index is 1.91. The van der Waals surface area contributed by atoms with Crippen LogP contribution in [-0.4, -0.2) is 40.2 Å². The summed E-state index contributed by atoms with van der Waals surface area (Å²) in [7, 11) is 0. The molecular weight excluding hydrogens is 324 g/mol. The molecule has 1 aromatic rings. The zero-order valence-corrected chi connectivity index (χ0v) is 12.9. The molecule has 2 rings (SSSR count). The van der Waals surface area contributed by atoms with Gasteiger partial charge in [0.15, 0.2) is 0 Å². The van der Waals surface area contributed by atoms with Gasteiger partial charge in [-0.15, -0.1) is 0 Å². The SMILES string of the molecule is O=C(CCn1cc(Br)ccc1=O)N1CCCC(CO)C1. The first kappa shape index (κ1) is 15.3. The molecule has 0 aromatic carbocycles. The van der Waals surface area contributed by atoms with Crippen LogP contribution in [0.1, 0.15) is 19.3 Å². The van der Waals surface area contributed by atoms with Crippen LogP contribution < -0.4 is 5.56 Å². The lowest BCUT2D eigenvalue weighted by Gasteiger charge is -2.32. The molecular formula is C14H19BrN2O3. The Morgan fingerprint density at radius 3 is 3.00 bits per heavy atom. The molecule has 0 spiro atoms. The second kappa shape index (κ2) is 7.04. The van der Waals surface area contributed by atoms with Gasteiger partial charge in [-0.05, 0) is 40.8 Å². The Morgan fingerprint density at radius 2 is 2.25 bits per heavy atom. The van der Waals surface area contributed by atoms with Gasteiger partial charge in [0.2, 0.25) is 5.91 Å². The predicted molar refractivity (Wildman–Crippen MR) is 79.4 cm³/mol. The topological polar surface area (TPSA) is 62.5 Å². The number of likely N-dealkylation sites (tertiary alicyclic amines) is 1. The third-order valence-electron chi connectivity index (χ3n) is 3.64. The molecule has 1 aliphatic rings. The largest absolute Gasteiger partial charge is 0.396 e. The first-order chi connectivity index (χ1) is 9.60. The van der Waals surface area contributed by atoms with Gasteiger partial charge in [-0.2, -0.15) is 0 Å². The number of carbonyl (C=O) groups is 1. The zero-order chi connectivity index (χ0) is 14.5. The molecule has 1 aromatic heterocycles. The molecule has 1 amide bonds. The van der Waals surface area contributed by atoms with Gasteiger partial charge in [0.05, 0.1) is 0 Å². The van der Waals surface area contributed by atoms with Crippen molar-refractivity contribution < 1.29 is 9.90 Å². The van der Waals surface area contributed by atoms with E-state index < -0.39 is 0 Å². The van der Waals surface area contributed by atoms with Crippen LogP contribution in [0.25, 0.3) is 0 Å². The molecule has 5 nitrogen and oxygen atoms in total. The van der Waals surface area contributed by atoms with Gasteiger partial charge < -0.3 is 14.6 Å². The highest BCUT2D eigenvalue weighted by Crippen LogP contribution is 2.16. The molecule has 1 fully saturated rings. The van der Waals surface area contributed by atoms with Gasteiger partial charge in [-0.1, -0.05) is 0 Å². The second-order valence-corrected chi connectivity index (χ2v) is 6.08. The maximum Gasteiger partial charge on any atom is 0.250 e. The van der Waals surface area contributed by atoms with Crippen LogP contribution in [0.3, 0.4) is 0 Å². The Labute approximate surface area is 126 Å². The normalized spacial score (nSPS) is 19.1. The maximum atomic E-state index is 12.1. The number of aryl methyl sites for hydroxylation is 1. The molecule has 110 valence electrons. The highest BCUT2D eigenvalue weighted by Gasteiger charge is 2.22. The summed E-state index contributed by atoms with van der Waals surface area (Å²) in [6.45, 7) is 1.90. The van der Waals surface area contributed by atoms with E-state index in [1.54, 1.807) is 17.2 Å². The summed E-state index contributed by atoms with van der Waals surface area (Å²) in [4.78, 5) is 25.6. The van der Waals surface area contributed by atoms with E-state index in [9.17, 15) is 14.7 Å². The summed E-state index contributed by atoms with van der Waals surface area (Å²) >= 11 is 3.31. The summed E-state index contributed by atoms with van der Waals surface area (Å²) in [6.07, 6.45) is 3.93. The van der Waals surface area contributed by atoms with Crippen LogP contribution in [0.5, 0.6) is 0 Å². The van der Waals surface area contributed by atoms with E-state index in [0.717, 1.165) is 23.9 Å². The lowest BCUT2D eigenvalue weighted by atomic mass is 9.99. The number of halogens is 1. The number of pyridine rings is 1. The number of rotatable bonds is 4. The number of carbonyl (C=O) groups excluding carboxylic acids is 1. The molecule has 1 unspecified atom stereocenters. The van der Waals surface area contributed by atoms with E-state index in [4.69, 9.17) is 0 Å². The van der Waals surface area contributed by atoms with Crippen molar-refractivity contribution >= 4 is 21.8 Å². The summed E-state index contributed by atoms with van der Waals surface area (Å²) in [5, 5.41) is 9.18. The minimum atomic E-state index is -0.104. The molecule has 2 heterocycles. The molecule has 6 heteroatoms. The highest BCUT2D eigenvalue weighted by atomic mass is 79.9. The van der Waals surface area contributed by atoms with Crippen molar-refractivity contribution in [2.24, 2.45) is 5.92 Å². The first-order valence-corrected chi connectivity index (χ1v) is 7.64. The minimum absolute atomic E-state index is 0.0509. The van der Waals surface area contributed by atoms with E-state index in [-0.39, 0.29) is 24.0 Å². The maximum absolute atomic E-state index is 12.1. The lowest BCUT2D eigenvalue weighted by molar-refractivity contribution is -0.133. The van der Waals surface area contributed by atoms with E-state index >= 15 is 0 Å². The second-order valence-electron chi connectivity index (χ2n) is 5.16. The highest BCUT2D eigenvalue weighted by molar-refractivity contribution is 9.10. The number of hydrogen-bond acceptors (Lipinski definition) is 3. The van der Waals surface area contributed by atoms with Crippen molar-refractivity contribution in [2.75, 3.05) is 19.7 Å². The number of aromatic nitrogens is 1. The van der Waals surface area contributed by atoms with E-state index in [1.807, 2.05) is 0 Å². The fraction of sp³-hybridized carbons (Fsp3) is 0.571. The summed E-state index contributed by atoms with van der Waals surface area (Å²) in [5.41, 5.74) is -0.104. The van der Waals surface area contributed by atoms with E-state index in [0.29, 0.717) is 19.5 Å². The standard InChI is InChI=1S/C14H19BrN2O3/c15-12-3-4-13(19)17(9-12)7-5-14(20)16-6-1-2-11(8-16)10-18/h3-4,9,11,18H,1-2,5-8,10H2. The van der Waals surface area contributed by atoms with Gasteiger partial charge >= 0.3 is 0 Å². The van der Waals surface area contributed by atoms with Gasteiger partial charge in [-0.3, -0.25) is 9.59 Å².